The summed E-state index contributed by atoms with van der Waals surface area (Å²) in [6.07, 6.45) is 0.798. The van der Waals surface area contributed by atoms with Crippen LogP contribution in [0.2, 0.25) is 0 Å². The quantitative estimate of drug-likeness (QED) is 0.412. The minimum atomic E-state index is -0.398. The molecule has 0 aliphatic rings. The summed E-state index contributed by atoms with van der Waals surface area (Å²) in [6, 6.07) is 16.9. The van der Waals surface area contributed by atoms with E-state index >= 15 is 0 Å². The van der Waals surface area contributed by atoms with Crippen molar-refractivity contribution in [1.29, 1.82) is 0 Å². The van der Waals surface area contributed by atoms with Crippen LogP contribution in [0.15, 0.2) is 65.1 Å². The molecule has 0 bridgehead atoms. The molecule has 0 aliphatic carbocycles. The largest absolute Gasteiger partial charge is 0.451 e. The number of hydrogen-bond donors (Lipinski definition) is 1. The zero-order valence-corrected chi connectivity index (χ0v) is 16.6. The van der Waals surface area contributed by atoms with Crippen molar-refractivity contribution in [2.75, 3.05) is 18.5 Å². The lowest BCUT2D eigenvalue weighted by atomic mass is 10.2. The van der Waals surface area contributed by atoms with Crippen LogP contribution >= 0.6 is 0 Å². The van der Waals surface area contributed by atoms with Crippen molar-refractivity contribution in [2.24, 2.45) is 0 Å². The fourth-order valence-electron chi connectivity index (χ4n) is 3.26. The van der Waals surface area contributed by atoms with E-state index in [2.05, 4.69) is 10.3 Å². The van der Waals surface area contributed by atoms with E-state index in [0.29, 0.717) is 37.0 Å². The second-order valence-corrected chi connectivity index (χ2v) is 6.75. The maximum Gasteiger partial charge on any atom is 0.293 e. The van der Waals surface area contributed by atoms with Gasteiger partial charge in [-0.15, -0.1) is 0 Å². The molecule has 6 nitrogen and oxygen atoms in total. The van der Waals surface area contributed by atoms with Crippen LogP contribution in [0.5, 0.6) is 0 Å². The molecule has 0 unspecified atom stereocenters. The maximum absolute atomic E-state index is 13.1. The number of nitrogens with zero attached hydrogens (tertiary/aromatic N) is 2. The van der Waals surface area contributed by atoms with Gasteiger partial charge in [0.1, 0.15) is 11.6 Å². The van der Waals surface area contributed by atoms with Crippen LogP contribution < -0.4 is 5.32 Å². The minimum Gasteiger partial charge on any atom is -0.451 e. The summed E-state index contributed by atoms with van der Waals surface area (Å²) in [7, 11) is 0. The van der Waals surface area contributed by atoms with Crippen LogP contribution in [0.25, 0.3) is 22.4 Å². The first kappa shape index (κ1) is 19.8. The molecule has 2 heterocycles. The third kappa shape index (κ3) is 4.26. The number of aromatic nitrogens is 2. The molecule has 2 aromatic carbocycles. The second-order valence-electron chi connectivity index (χ2n) is 6.75. The number of carbonyl (C=O) groups excluding carboxylic acids is 1. The fourth-order valence-corrected chi connectivity index (χ4v) is 3.26. The topological polar surface area (TPSA) is 69.3 Å². The predicted molar refractivity (Wildman–Crippen MR) is 113 cm³/mol. The van der Waals surface area contributed by atoms with Crippen LogP contribution in [0.4, 0.5) is 10.3 Å². The summed E-state index contributed by atoms with van der Waals surface area (Å²) in [4.78, 5) is 17.3. The molecule has 30 heavy (non-hydrogen) atoms. The van der Waals surface area contributed by atoms with Crippen LogP contribution in [0.3, 0.4) is 0 Å². The van der Waals surface area contributed by atoms with Gasteiger partial charge in [-0.3, -0.25) is 10.1 Å². The summed E-state index contributed by atoms with van der Waals surface area (Å²) >= 11 is 0. The lowest BCUT2D eigenvalue weighted by Crippen LogP contribution is -2.16. The zero-order valence-electron chi connectivity index (χ0n) is 16.6. The molecule has 0 saturated heterocycles. The maximum atomic E-state index is 13.1. The number of rotatable bonds is 8. The van der Waals surface area contributed by atoms with Crippen molar-refractivity contribution in [3.8, 4) is 11.3 Å². The number of fused-ring (bicyclic) bond motifs is 1. The zero-order chi connectivity index (χ0) is 20.9. The van der Waals surface area contributed by atoms with Gasteiger partial charge in [0.05, 0.1) is 11.0 Å². The lowest BCUT2D eigenvalue weighted by Gasteiger charge is -2.09. The number of aryl methyl sites for hydroxylation is 1. The van der Waals surface area contributed by atoms with E-state index in [4.69, 9.17) is 9.15 Å². The Morgan fingerprint density at radius 1 is 1.13 bits per heavy atom. The van der Waals surface area contributed by atoms with E-state index in [1.54, 1.807) is 24.3 Å². The van der Waals surface area contributed by atoms with Crippen molar-refractivity contribution in [1.82, 2.24) is 9.55 Å². The van der Waals surface area contributed by atoms with E-state index in [1.165, 1.54) is 12.1 Å². The molecular weight excluding hydrogens is 385 g/mol. The van der Waals surface area contributed by atoms with Crippen molar-refractivity contribution in [3.63, 3.8) is 0 Å². The molecule has 0 radical (unpaired) electrons. The van der Waals surface area contributed by atoms with Gasteiger partial charge in [0.25, 0.3) is 5.91 Å². The molecule has 154 valence electrons. The molecule has 0 aliphatic heterocycles. The van der Waals surface area contributed by atoms with Crippen molar-refractivity contribution in [2.45, 2.75) is 19.9 Å². The molecule has 2 aromatic heterocycles. The van der Waals surface area contributed by atoms with Crippen LogP contribution in [0, 0.1) is 5.82 Å². The Hall–Kier alpha value is -3.45. The van der Waals surface area contributed by atoms with Crippen LogP contribution in [0.1, 0.15) is 23.9 Å². The van der Waals surface area contributed by atoms with Gasteiger partial charge in [-0.25, -0.2) is 9.37 Å². The number of halogens is 1. The highest BCUT2D eigenvalue weighted by atomic mass is 19.1. The Labute approximate surface area is 173 Å². The molecular formula is C23H22FN3O3. The van der Waals surface area contributed by atoms with Gasteiger partial charge in [0, 0.05) is 25.3 Å². The first-order valence-electron chi connectivity index (χ1n) is 9.86. The number of hydrogen-bond acceptors (Lipinski definition) is 4. The average molecular weight is 407 g/mol. The number of para-hydroxylation sites is 2. The Morgan fingerprint density at radius 3 is 2.73 bits per heavy atom. The van der Waals surface area contributed by atoms with Gasteiger partial charge in [-0.05, 0) is 61.9 Å². The predicted octanol–water partition coefficient (Wildman–Crippen LogP) is 5.11. The second kappa shape index (κ2) is 8.92. The number of imidazole rings is 1. The van der Waals surface area contributed by atoms with Crippen molar-refractivity contribution in [3.05, 3.63) is 72.2 Å². The van der Waals surface area contributed by atoms with E-state index in [0.717, 1.165) is 17.5 Å². The first-order valence-corrected chi connectivity index (χ1v) is 9.86. The third-order valence-corrected chi connectivity index (χ3v) is 4.71. The number of benzene rings is 2. The van der Waals surface area contributed by atoms with E-state index < -0.39 is 5.91 Å². The van der Waals surface area contributed by atoms with E-state index in [9.17, 15) is 9.18 Å². The molecule has 0 atom stereocenters. The number of anilines is 1. The SMILES string of the molecule is CCOCCCn1c(NC(=O)c2ccc(-c3ccc(F)cc3)o2)nc2ccccc21. The Morgan fingerprint density at radius 2 is 1.93 bits per heavy atom. The number of ether oxygens (including phenoxy) is 1. The van der Waals surface area contributed by atoms with Gasteiger partial charge < -0.3 is 13.7 Å². The highest BCUT2D eigenvalue weighted by Gasteiger charge is 2.17. The highest BCUT2D eigenvalue weighted by Crippen LogP contribution is 2.24. The van der Waals surface area contributed by atoms with Crippen LogP contribution in [-0.4, -0.2) is 28.7 Å². The van der Waals surface area contributed by atoms with Crippen molar-refractivity contribution < 1.29 is 18.3 Å². The van der Waals surface area contributed by atoms with Gasteiger partial charge >= 0.3 is 0 Å². The van der Waals surface area contributed by atoms with Gasteiger partial charge in [0.15, 0.2) is 5.76 Å². The van der Waals surface area contributed by atoms with Crippen molar-refractivity contribution >= 4 is 22.9 Å². The monoisotopic (exact) mass is 407 g/mol. The molecule has 0 fully saturated rings. The third-order valence-electron chi connectivity index (χ3n) is 4.71. The molecule has 0 spiro atoms. The summed E-state index contributed by atoms with van der Waals surface area (Å²) in [5, 5.41) is 2.85. The number of carbonyl (C=O) groups is 1. The molecule has 1 amide bonds. The average Bonchev–Trinajstić information content (AvgIpc) is 3.37. The van der Waals surface area contributed by atoms with E-state index in [-0.39, 0.29) is 11.6 Å². The van der Waals surface area contributed by atoms with Crippen LogP contribution in [-0.2, 0) is 11.3 Å². The normalized spacial score (nSPS) is 11.1. The standard InChI is InChI=1S/C23H22FN3O3/c1-2-29-15-5-14-27-19-7-4-3-6-18(19)25-23(27)26-22(28)21-13-12-20(30-21)16-8-10-17(24)11-9-16/h3-4,6-13H,2,5,14-15H2,1H3,(H,25,26,28). The van der Waals surface area contributed by atoms with Gasteiger partial charge in [0.2, 0.25) is 5.95 Å². The summed E-state index contributed by atoms with van der Waals surface area (Å²) in [6.45, 7) is 3.93. The number of nitrogens with one attached hydrogen (secondary N) is 1. The molecule has 4 aromatic rings. The van der Waals surface area contributed by atoms with E-state index in [1.807, 2.05) is 35.8 Å². The van der Waals surface area contributed by atoms with Gasteiger partial charge in [-0.1, -0.05) is 12.1 Å². The number of furan rings is 1. The molecule has 7 heteroatoms. The Bertz CT molecular complexity index is 1150. The molecule has 1 N–H and O–H groups in total. The van der Waals surface area contributed by atoms with Gasteiger partial charge in [-0.2, -0.15) is 0 Å². The first-order chi connectivity index (χ1) is 14.7. The molecule has 0 saturated carbocycles. The minimum absolute atomic E-state index is 0.155. The fraction of sp³-hybridized carbons (Fsp3) is 0.217. The molecule has 4 rings (SSSR count). The summed E-state index contributed by atoms with van der Waals surface area (Å²) in [5.41, 5.74) is 2.44. The highest BCUT2D eigenvalue weighted by molar-refractivity contribution is 6.02. The summed E-state index contributed by atoms with van der Waals surface area (Å²) < 4.78 is 26.2. The smallest absolute Gasteiger partial charge is 0.293 e. The summed E-state index contributed by atoms with van der Waals surface area (Å²) in [5.74, 6) is 0.376. The number of amides is 1. The Kier molecular flexibility index (Phi) is 5.90. The Balaban J connectivity index is 1.55. The lowest BCUT2D eigenvalue weighted by molar-refractivity contribution is 0.0996.